The molecule has 0 radical (unpaired) electrons. The number of ether oxygens (including phenoxy) is 1. The minimum atomic E-state index is 0.386. The third-order valence-corrected chi connectivity index (χ3v) is 5.03. The molecule has 0 saturated heterocycles. The van der Waals surface area contributed by atoms with E-state index in [1.807, 2.05) is 48.5 Å². The Balaban J connectivity index is 1.18. The fourth-order valence-corrected chi connectivity index (χ4v) is 3.46. The zero-order chi connectivity index (χ0) is 21.3. The number of anilines is 1. The number of fused-ring (bicyclic) bond motifs is 1. The molecule has 0 saturated carbocycles. The standard InChI is InChI=1S/C23H25ClN4O3/c24-18-5-6-21-22(7-8-26-23(21)13-18)27-17-29-16-25-9-10-28(14-19-3-1-11-30-19)15-20-4-2-12-31-20/h1-8,11-13,25H,9-10,14-17H2,(H,26,27). The maximum atomic E-state index is 6.04. The zero-order valence-electron chi connectivity index (χ0n) is 17.1. The van der Waals surface area contributed by atoms with Crippen LogP contribution in [0.15, 0.2) is 76.1 Å². The Morgan fingerprint density at radius 3 is 2.45 bits per heavy atom. The monoisotopic (exact) mass is 440 g/mol. The highest BCUT2D eigenvalue weighted by atomic mass is 35.5. The van der Waals surface area contributed by atoms with Gasteiger partial charge >= 0.3 is 0 Å². The molecule has 1 aromatic carbocycles. The number of benzene rings is 1. The van der Waals surface area contributed by atoms with E-state index in [1.165, 1.54) is 0 Å². The molecule has 0 spiro atoms. The van der Waals surface area contributed by atoms with E-state index in [9.17, 15) is 0 Å². The van der Waals surface area contributed by atoms with Gasteiger partial charge in [-0.15, -0.1) is 0 Å². The normalized spacial score (nSPS) is 11.4. The van der Waals surface area contributed by atoms with Crippen LogP contribution in [-0.2, 0) is 17.8 Å². The molecule has 0 aliphatic rings. The van der Waals surface area contributed by atoms with E-state index in [-0.39, 0.29) is 0 Å². The smallest absolute Gasteiger partial charge is 0.118 e. The molecule has 0 fully saturated rings. The third-order valence-electron chi connectivity index (χ3n) is 4.80. The minimum Gasteiger partial charge on any atom is -0.468 e. The van der Waals surface area contributed by atoms with Gasteiger partial charge in [-0.3, -0.25) is 15.2 Å². The zero-order valence-corrected chi connectivity index (χ0v) is 17.8. The van der Waals surface area contributed by atoms with Crippen LogP contribution < -0.4 is 10.6 Å². The van der Waals surface area contributed by atoms with E-state index in [0.29, 0.717) is 18.5 Å². The van der Waals surface area contributed by atoms with Crippen molar-refractivity contribution in [3.63, 3.8) is 0 Å². The second-order valence-corrected chi connectivity index (χ2v) is 7.50. The van der Waals surface area contributed by atoms with Crippen LogP contribution in [0.5, 0.6) is 0 Å². The summed E-state index contributed by atoms with van der Waals surface area (Å²) in [5, 5.41) is 8.28. The van der Waals surface area contributed by atoms with E-state index in [4.69, 9.17) is 25.2 Å². The van der Waals surface area contributed by atoms with Gasteiger partial charge in [-0.25, -0.2) is 0 Å². The van der Waals surface area contributed by atoms with Gasteiger partial charge in [-0.1, -0.05) is 11.6 Å². The molecule has 0 aliphatic carbocycles. The van der Waals surface area contributed by atoms with E-state index >= 15 is 0 Å². The summed E-state index contributed by atoms with van der Waals surface area (Å²) in [6.45, 7) is 3.87. The predicted molar refractivity (Wildman–Crippen MR) is 121 cm³/mol. The SMILES string of the molecule is Clc1ccc2c(NCOCNCCN(Cc3ccco3)Cc3ccco3)ccnc2c1. The van der Waals surface area contributed by atoms with Crippen molar-refractivity contribution in [2.24, 2.45) is 0 Å². The van der Waals surface area contributed by atoms with Gasteiger partial charge in [-0.05, 0) is 48.5 Å². The van der Waals surface area contributed by atoms with Gasteiger partial charge in [0.15, 0.2) is 0 Å². The average molecular weight is 441 g/mol. The fraction of sp³-hybridized carbons (Fsp3) is 0.261. The van der Waals surface area contributed by atoms with Gasteiger partial charge in [0.05, 0.1) is 37.9 Å². The molecule has 7 nitrogen and oxygen atoms in total. The Labute approximate surface area is 186 Å². The van der Waals surface area contributed by atoms with Crippen LogP contribution in [0.1, 0.15) is 11.5 Å². The van der Waals surface area contributed by atoms with Crippen LogP contribution in [0.25, 0.3) is 10.9 Å². The summed E-state index contributed by atoms with van der Waals surface area (Å²) >= 11 is 6.04. The second kappa shape index (κ2) is 11.0. The average Bonchev–Trinajstić information content (AvgIpc) is 3.47. The first-order valence-corrected chi connectivity index (χ1v) is 10.5. The lowest BCUT2D eigenvalue weighted by Gasteiger charge is -2.20. The van der Waals surface area contributed by atoms with Crippen molar-refractivity contribution in [3.8, 4) is 0 Å². The quantitative estimate of drug-likeness (QED) is 0.244. The molecule has 0 aliphatic heterocycles. The van der Waals surface area contributed by atoms with Crippen LogP contribution >= 0.6 is 11.6 Å². The van der Waals surface area contributed by atoms with Gasteiger partial charge < -0.3 is 18.9 Å². The maximum absolute atomic E-state index is 6.04. The topological polar surface area (TPSA) is 75.7 Å². The number of hydrogen-bond donors (Lipinski definition) is 2. The van der Waals surface area contributed by atoms with Crippen molar-refractivity contribution < 1.29 is 13.6 Å². The first-order valence-electron chi connectivity index (χ1n) is 10.1. The van der Waals surface area contributed by atoms with E-state index in [0.717, 1.165) is 54.3 Å². The van der Waals surface area contributed by atoms with Crippen molar-refractivity contribution in [3.05, 3.63) is 83.8 Å². The third kappa shape index (κ3) is 6.32. The first-order chi connectivity index (χ1) is 15.3. The number of nitrogens with one attached hydrogen (secondary N) is 2. The molecule has 0 unspecified atom stereocenters. The number of furan rings is 2. The molecule has 162 valence electrons. The van der Waals surface area contributed by atoms with Crippen molar-refractivity contribution in [2.45, 2.75) is 13.1 Å². The van der Waals surface area contributed by atoms with Crippen molar-refractivity contribution in [1.29, 1.82) is 0 Å². The number of hydrogen-bond acceptors (Lipinski definition) is 7. The highest BCUT2D eigenvalue weighted by molar-refractivity contribution is 6.31. The van der Waals surface area contributed by atoms with Gasteiger partial charge in [0.25, 0.3) is 0 Å². The number of pyridine rings is 1. The Morgan fingerprint density at radius 1 is 0.968 bits per heavy atom. The molecular formula is C23H25ClN4O3. The first kappa shape index (κ1) is 21.4. The van der Waals surface area contributed by atoms with Crippen molar-refractivity contribution in [2.75, 3.05) is 31.9 Å². The van der Waals surface area contributed by atoms with Crippen molar-refractivity contribution in [1.82, 2.24) is 15.2 Å². The molecule has 3 aromatic heterocycles. The lowest BCUT2D eigenvalue weighted by Crippen LogP contribution is -2.32. The summed E-state index contributed by atoms with van der Waals surface area (Å²) < 4.78 is 16.6. The summed E-state index contributed by atoms with van der Waals surface area (Å²) in [6.07, 6.45) is 5.14. The fourth-order valence-electron chi connectivity index (χ4n) is 3.30. The van der Waals surface area contributed by atoms with Gasteiger partial charge in [-0.2, -0.15) is 0 Å². The molecule has 4 aromatic rings. The molecule has 31 heavy (non-hydrogen) atoms. The Kier molecular flexibility index (Phi) is 7.57. The van der Waals surface area contributed by atoms with Crippen LogP contribution in [-0.4, -0.2) is 36.4 Å². The summed E-state index contributed by atoms with van der Waals surface area (Å²) in [5.74, 6) is 1.86. The van der Waals surface area contributed by atoms with Gasteiger partial charge in [0.1, 0.15) is 18.3 Å². The van der Waals surface area contributed by atoms with Crippen LogP contribution in [0, 0.1) is 0 Å². The maximum Gasteiger partial charge on any atom is 0.118 e. The minimum absolute atomic E-state index is 0.386. The lowest BCUT2D eigenvalue weighted by molar-refractivity contribution is 0.127. The van der Waals surface area contributed by atoms with Gasteiger partial charge in [0.2, 0.25) is 0 Å². The summed E-state index contributed by atoms with van der Waals surface area (Å²) in [6, 6.07) is 15.4. The van der Waals surface area contributed by atoms with E-state index in [1.54, 1.807) is 18.7 Å². The number of halogens is 1. The van der Waals surface area contributed by atoms with E-state index < -0.39 is 0 Å². The molecule has 2 N–H and O–H groups in total. The van der Waals surface area contributed by atoms with Crippen molar-refractivity contribution >= 4 is 28.2 Å². The molecule has 4 rings (SSSR count). The summed E-state index contributed by atoms with van der Waals surface area (Å²) in [4.78, 5) is 6.61. The predicted octanol–water partition coefficient (Wildman–Crippen LogP) is 4.71. The highest BCUT2D eigenvalue weighted by Gasteiger charge is 2.10. The molecule has 3 heterocycles. The molecule has 0 amide bonds. The lowest BCUT2D eigenvalue weighted by atomic mass is 10.2. The van der Waals surface area contributed by atoms with Crippen LogP contribution in [0.3, 0.4) is 0 Å². The number of aromatic nitrogens is 1. The molecule has 0 atom stereocenters. The number of nitrogens with zero attached hydrogens (tertiary/aromatic N) is 2. The van der Waals surface area contributed by atoms with Crippen LogP contribution in [0.4, 0.5) is 5.69 Å². The summed E-state index contributed by atoms with van der Waals surface area (Å²) in [5.41, 5.74) is 1.81. The number of rotatable bonds is 12. The molecular weight excluding hydrogens is 416 g/mol. The largest absolute Gasteiger partial charge is 0.468 e. The Morgan fingerprint density at radius 2 is 1.74 bits per heavy atom. The Hall–Kier alpha value is -2.84. The highest BCUT2D eigenvalue weighted by Crippen LogP contribution is 2.24. The molecule has 0 bridgehead atoms. The summed E-state index contributed by atoms with van der Waals surface area (Å²) in [7, 11) is 0. The Bertz CT molecular complexity index is 1020. The van der Waals surface area contributed by atoms with E-state index in [2.05, 4.69) is 20.5 Å². The van der Waals surface area contributed by atoms with Crippen LogP contribution in [0.2, 0.25) is 5.02 Å². The molecule has 8 heteroatoms. The second-order valence-electron chi connectivity index (χ2n) is 7.06. The van der Waals surface area contributed by atoms with Gasteiger partial charge in [0, 0.05) is 35.4 Å².